The molecule has 0 aromatic heterocycles. The van der Waals surface area contributed by atoms with Crippen LogP contribution in [0.2, 0.25) is 5.02 Å². The van der Waals surface area contributed by atoms with E-state index in [9.17, 15) is 14.9 Å². The topological polar surface area (TPSA) is 93.8 Å². The van der Waals surface area contributed by atoms with Crippen molar-refractivity contribution in [1.29, 1.82) is 0 Å². The van der Waals surface area contributed by atoms with E-state index in [1.807, 2.05) is 19.1 Å². The zero-order valence-corrected chi connectivity index (χ0v) is 21.7. The highest BCUT2D eigenvalue weighted by atomic mass is 127. The number of carbonyl (C=O) groups is 1. The van der Waals surface area contributed by atoms with Gasteiger partial charge in [0.1, 0.15) is 12.4 Å². The Morgan fingerprint density at radius 1 is 1.16 bits per heavy atom. The molecule has 0 aliphatic carbocycles. The minimum Gasteiger partial charge on any atom is -0.487 e. The maximum atomic E-state index is 12.2. The highest BCUT2D eigenvalue weighted by molar-refractivity contribution is 14.1. The van der Waals surface area contributed by atoms with E-state index in [4.69, 9.17) is 16.3 Å². The number of aryl methyl sites for hydroxylation is 1. The number of carbonyl (C=O) groups excluding carboxylic acids is 1. The van der Waals surface area contributed by atoms with Gasteiger partial charge < -0.3 is 4.74 Å². The first kappa shape index (κ1) is 24.4. The fraction of sp³-hybridized carbons (Fsp3) is 0.0909. The fourth-order valence-electron chi connectivity index (χ4n) is 2.63. The summed E-state index contributed by atoms with van der Waals surface area (Å²) < 4.78 is 7.66. The Morgan fingerprint density at radius 2 is 1.81 bits per heavy atom. The number of nitro groups is 1. The van der Waals surface area contributed by atoms with Crippen LogP contribution in [0.15, 0.2) is 59.7 Å². The van der Waals surface area contributed by atoms with Gasteiger partial charge in [-0.2, -0.15) is 5.10 Å². The van der Waals surface area contributed by atoms with Crippen molar-refractivity contribution in [2.24, 2.45) is 5.10 Å². The first-order chi connectivity index (χ1) is 15.2. The molecule has 1 amide bonds. The average Bonchev–Trinajstić information content (AvgIpc) is 2.75. The monoisotopic (exact) mass is 675 g/mol. The Balaban J connectivity index is 1.63. The van der Waals surface area contributed by atoms with Gasteiger partial charge in [0.2, 0.25) is 0 Å². The van der Waals surface area contributed by atoms with Gasteiger partial charge in [0.15, 0.2) is 0 Å². The number of hydrogen-bond donors (Lipinski definition) is 1. The minimum absolute atomic E-state index is 0.0409. The normalized spacial score (nSPS) is 10.9. The molecule has 0 radical (unpaired) electrons. The Morgan fingerprint density at radius 3 is 2.41 bits per heavy atom. The second-order valence-electron chi connectivity index (χ2n) is 6.69. The third-order valence-electron chi connectivity index (χ3n) is 4.36. The second kappa shape index (κ2) is 11.1. The van der Waals surface area contributed by atoms with Crippen molar-refractivity contribution in [2.45, 2.75) is 13.5 Å². The lowest BCUT2D eigenvalue weighted by Crippen LogP contribution is -2.17. The summed E-state index contributed by atoms with van der Waals surface area (Å²) in [5.41, 5.74) is 5.48. The maximum absolute atomic E-state index is 12.2. The molecule has 10 heteroatoms. The molecule has 3 aromatic rings. The van der Waals surface area contributed by atoms with Crippen molar-refractivity contribution >= 4 is 74.6 Å². The molecule has 0 atom stereocenters. The van der Waals surface area contributed by atoms with E-state index in [1.165, 1.54) is 12.1 Å². The summed E-state index contributed by atoms with van der Waals surface area (Å²) in [5.74, 6) is 0.357. The molecule has 32 heavy (non-hydrogen) atoms. The van der Waals surface area contributed by atoms with Crippen molar-refractivity contribution in [3.05, 3.63) is 99.1 Å². The van der Waals surface area contributed by atoms with Gasteiger partial charge in [0.05, 0.1) is 18.3 Å². The van der Waals surface area contributed by atoms with Gasteiger partial charge in [-0.25, -0.2) is 5.43 Å². The Hall–Kier alpha value is -2.25. The van der Waals surface area contributed by atoms with E-state index in [2.05, 4.69) is 55.7 Å². The lowest BCUT2D eigenvalue weighted by molar-refractivity contribution is -0.384. The van der Waals surface area contributed by atoms with Crippen LogP contribution in [0.25, 0.3) is 0 Å². The van der Waals surface area contributed by atoms with Crippen LogP contribution in [-0.2, 0) is 6.61 Å². The van der Waals surface area contributed by atoms with E-state index in [0.29, 0.717) is 16.3 Å². The van der Waals surface area contributed by atoms with Crippen molar-refractivity contribution in [3.8, 4) is 5.75 Å². The Labute approximate surface area is 216 Å². The molecule has 0 aliphatic rings. The van der Waals surface area contributed by atoms with Crippen molar-refractivity contribution in [3.63, 3.8) is 0 Å². The van der Waals surface area contributed by atoms with Gasteiger partial charge in [0.25, 0.3) is 11.6 Å². The SMILES string of the molecule is Cc1ccc(C(=O)N/N=C\c2cc(I)c(OCc3ccc([N+](=O)[O-])cc3)c(I)c2)cc1Cl. The van der Waals surface area contributed by atoms with Crippen LogP contribution < -0.4 is 10.2 Å². The standard InChI is InChI=1S/C22H16ClI2N3O4/c1-13-2-5-16(10-18(13)23)22(29)27-26-11-15-8-19(24)21(20(25)9-15)32-12-14-3-6-17(7-4-14)28(30)31/h2-11H,12H2,1H3,(H,27,29)/b26-11-. The molecule has 3 rings (SSSR count). The van der Waals surface area contributed by atoms with Gasteiger partial charge in [0, 0.05) is 22.7 Å². The van der Waals surface area contributed by atoms with Crippen LogP contribution in [-0.4, -0.2) is 17.0 Å². The largest absolute Gasteiger partial charge is 0.487 e. The summed E-state index contributed by atoms with van der Waals surface area (Å²) in [7, 11) is 0. The minimum atomic E-state index is -0.435. The summed E-state index contributed by atoms with van der Waals surface area (Å²) in [6, 6.07) is 15.1. The summed E-state index contributed by atoms with van der Waals surface area (Å²) in [6.07, 6.45) is 1.55. The molecule has 0 spiro atoms. The number of amides is 1. The van der Waals surface area contributed by atoms with Gasteiger partial charge >= 0.3 is 0 Å². The molecule has 0 saturated heterocycles. The van der Waals surface area contributed by atoms with Crippen LogP contribution >= 0.6 is 56.8 Å². The molecule has 0 aliphatic heterocycles. The molecule has 164 valence electrons. The zero-order chi connectivity index (χ0) is 23.3. The van der Waals surface area contributed by atoms with Gasteiger partial charge in [-0.3, -0.25) is 14.9 Å². The Bertz CT molecular complexity index is 1180. The van der Waals surface area contributed by atoms with Crippen LogP contribution in [0, 0.1) is 24.2 Å². The van der Waals surface area contributed by atoms with Gasteiger partial charge in [-0.1, -0.05) is 17.7 Å². The van der Waals surface area contributed by atoms with E-state index in [-0.39, 0.29) is 18.2 Å². The smallest absolute Gasteiger partial charge is 0.271 e. The lowest BCUT2D eigenvalue weighted by Gasteiger charge is -2.11. The number of nitrogens with zero attached hydrogens (tertiary/aromatic N) is 2. The van der Waals surface area contributed by atoms with Crippen LogP contribution in [0.3, 0.4) is 0 Å². The molecule has 7 nitrogen and oxygen atoms in total. The second-order valence-corrected chi connectivity index (χ2v) is 9.42. The highest BCUT2D eigenvalue weighted by Gasteiger charge is 2.11. The molecule has 0 bridgehead atoms. The van der Waals surface area contributed by atoms with Crippen molar-refractivity contribution < 1.29 is 14.5 Å². The molecule has 3 aromatic carbocycles. The number of rotatable bonds is 7. The predicted molar refractivity (Wildman–Crippen MR) is 141 cm³/mol. The van der Waals surface area contributed by atoms with Gasteiger partial charge in [-0.15, -0.1) is 0 Å². The van der Waals surface area contributed by atoms with E-state index in [1.54, 1.807) is 36.5 Å². The number of nitrogens with one attached hydrogen (secondary N) is 1. The van der Waals surface area contributed by atoms with Crippen molar-refractivity contribution in [2.75, 3.05) is 0 Å². The summed E-state index contributed by atoms with van der Waals surface area (Å²) >= 11 is 10.4. The molecule has 0 saturated carbocycles. The number of hydrogen-bond acceptors (Lipinski definition) is 5. The fourth-order valence-corrected chi connectivity index (χ4v) is 4.93. The number of benzene rings is 3. The quantitative estimate of drug-likeness (QED) is 0.142. The molecule has 1 N–H and O–H groups in total. The number of nitro benzene ring substituents is 1. The first-order valence-corrected chi connectivity index (χ1v) is 11.7. The molecular weight excluding hydrogens is 660 g/mol. The van der Waals surface area contributed by atoms with Crippen LogP contribution in [0.5, 0.6) is 5.75 Å². The summed E-state index contributed by atoms with van der Waals surface area (Å²) in [4.78, 5) is 22.5. The first-order valence-electron chi connectivity index (χ1n) is 9.19. The molecule has 0 unspecified atom stereocenters. The van der Waals surface area contributed by atoms with E-state index in [0.717, 1.165) is 23.8 Å². The summed E-state index contributed by atoms with van der Waals surface area (Å²) in [5, 5.41) is 15.3. The maximum Gasteiger partial charge on any atom is 0.271 e. The highest BCUT2D eigenvalue weighted by Crippen LogP contribution is 2.29. The summed E-state index contributed by atoms with van der Waals surface area (Å²) in [6.45, 7) is 2.15. The number of non-ortho nitro benzene ring substituents is 1. The van der Waals surface area contributed by atoms with Crippen LogP contribution in [0.4, 0.5) is 5.69 Å². The Kier molecular flexibility index (Phi) is 8.43. The van der Waals surface area contributed by atoms with Gasteiger partial charge in [-0.05, 0) is 105 Å². The number of ether oxygens (including phenoxy) is 1. The predicted octanol–water partition coefficient (Wildman–Crippen LogP) is 6.11. The zero-order valence-electron chi connectivity index (χ0n) is 16.6. The number of halogens is 3. The lowest BCUT2D eigenvalue weighted by atomic mass is 10.1. The van der Waals surface area contributed by atoms with Crippen molar-refractivity contribution in [1.82, 2.24) is 5.43 Å². The molecule has 0 heterocycles. The third-order valence-corrected chi connectivity index (χ3v) is 6.37. The molecule has 0 fully saturated rings. The molecular formula is C22H16ClI2N3O4. The van der Waals surface area contributed by atoms with E-state index >= 15 is 0 Å². The number of hydrazone groups is 1. The van der Waals surface area contributed by atoms with Crippen LogP contribution in [0.1, 0.15) is 27.0 Å². The third kappa shape index (κ3) is 6.39. The van der Waals surface area contributed by atoms with E-state index < -0.39 is 4.92 Å². The average molecular weight is 676 g/mol.